The van der Waals surface area contributed by atoms with Gasteiger partial charge in [0.1, 0.15) is 5.75 Å². The van der Waals surface area contributed by atoms with Crippen molar-refractivity contribution in [2.45, 2.75) is 6.92 Å². The molecule has 5 heteroatoms. The molecule has 28 heavy (non-hydrogen) atoms. The van der Waals surface area contributed by atoms with E-state index in [0.29, 0.717) is 17.4 Å². The van der Waals surface area contributed by atoms with Crippen molar-refractivity contribution in [1.29, 1.82) is 0 Å². The van der Waals surface area contributed by atoms with Crippen molar-refractivity contribution >= 4 is 40.2 Å². The summed E-state index contributed by atoms with van der Waals surface area (Å²) in [5, 5.41) is 1.51. The number of ketones is 1. The molecule has 0 saturated heterocycles. The number of hydrogen-bond acceptors (Lipinski definition) is 5. The van der Waals surface area contributed by atoms with Crippen molar-refractivity contribution in [3.8, 4) is 5.75 Å². The fourth-order valence-corrected chi connectivity index (χ4v) is 3.66. The lowest BCUT2D eigenvalue weighted by Crippen LogP contribution is -2.25. The highest BCUT2D eigenvalue weighted by Crippen LogP contribution is 2.42. The summed E-state index contributed by atoms with van der Waals surface area (Å²) in [6.45, 7) is 1.28. The number of aldehydes is 1. The second kappa shape index (κ2) is 6.78. The molecule has 138 valence electrons. The van der Waals surface area contributed by atoms with E-state index in [4.69, 9.17) is 4.74 Å². The molecule has 1 aliphatic carbocycles. The molecule has 0 saturated carbocycles. The van der Waals surface area contributed by atoms with Crippen LogP contribution in [0.2, 0.25) is 0 Å². The maximum absolute atomic E-state index is 13.3. The average molecular weight is 371 g/mol. The van der Waals surface area contributed by atoms with E-state index in [1.54, 1.807) is 12.1 Å². The van der Waals surface area contributed by atoms with E-state index in [9.17, 15) is 14.4 Å². The first-order chi connectivity index (χ1) is 13.5. The van der Waals surface area contributed by atoms with Crippen LogP contribution in [0.15, 0.2) is 66.2 Å². The van der Waals surface area contributed by atoms with Crippen LogP contribution < -0.4 is 9.64 Å². The molecule has 3 aromatic carbocycles. The summed E-state index contributed by atoms with van der Waals surface area (Å²) in [6, 6.07) is 18.5. The number of carbonyl (C=O) groups excluding carboxylic acids is 3. The van der Waals surface area contributed by atoms with Crippen LogP contribution in [0.1, 0.15) is 22.8 Å². The molecule has 0 fully saturated rings. The highest BCUT2D eigenvalue weighted by atomic mass is 16.5. The molecule has 0 amide bonds. The van der Waals surface area contributed by atoms with Crippen molar-refractivity contribution < 1.29 is 19.1 Å². The lowest BCUT2D eigenvalue weighted by atomic mass is 9.85. The Kier molecular flexibility index (Phi) is 4.28. The van der Waals surface area contributed by atoms with Gasteiger partial charge in [-0.25, -0.2) is 0 Å². The van der Waals surface area contributed by atoms with Crippen molar-refractivity contribution in [2.75, 3.05) is 11.9 Å². The quantitative estimate of drug-likeness (QED) is 0.300. The molecule has 0 radical (unpaired) electrons. The van der Waals surface area contributed by atoms with E-state index in [1.807, 2.05) is 60.5 Å². The molecule has 3 aromatic rings. The number of para-hydroxylation sites is 1. The number of allylic oxidation sites excluding steroid dienone is 1. The third kappa shape index (κ3) is 2.68. The highest BCUT2D eigenvalue weighted by molar-refractivity contribution is 6.34. The molecule has 5 nitrogen and oxygen atoms in total. The largest absolute Gasteiger partial charge is 0.426 e. The van der Waals surface area contributed by atoms with Gasteiger partial charge in [0, 0.05) is 30.6 Å². The molecule has 1 aliphatic rings. The Morgan fingerprint density at radius 2 is 1.75 bits per heavy atom. The third-order valence-corrected chi connectivity index (χ3v) is 4.84. The van der Waals surface area contributed by atoms with Crippen LogP contribution in [0.5, 0.6) is 5.75 Å². The van der Waals surface area contributed by atoms with Gasteiger partial charge in [-0.05, 0) is 23.6 Å². The van der Waals surface area contributed by atoms with Gasteiger partial charge in [-0.2, -0.15) is 0 Å². The first kappa shape index (κ1) is 17.7. The molecule has 0 aromatic heterocycles. The fourth-order valence-electron chi connectivity index (χ4n) is 3.66. The van der Waals surface area contributed by atoms with Crippen LogP contribution in [-0.2, 0) is 9.59 Å². The van der Waals surface area contributed by atoms with E-state index in [0.717, 1.165) is 16.6 Å². The van der Waals surface area contributed by atoms with Crippen LogP contribution in [0, 0.1) is 0 Å². The number of Topliss-reactive ketones (excluding diaryl/α,β-unsaturated/α-hetero) is 1. The lowest BCUT2D eigenvalue weighted by Gasteiger charge is -2.29. The molecular formula is C23H17NO4. The van der Waals surface area contributed by atoms with Crippen LogP contribution in [-0.4, -0.2) is 25.1 Å². The number of anilines is 1. The van der Waals surface area contributed by atoms with Gasteiger partial charge in [0.2, 0.25) is 5.78 Å². The normalized spacial score (nSPS) is 12.9. The van der Waals surface area contributed by atoms with Gasteiger partial charge in [0.25, 0.3) is 0 Å². The zero-order valence-corrected chi connectivity index (χ0v) is 15.4. The number of hydrogen-bond donors (Lipinski definition) is 0. The summed E-state index contributed by atoms with van der Waals surface area (Å²) >= 11 is 0. The molecule has 0 N–H and O–H groups in total. The van der Waals surface area contributed by atoms with Gasteiger partial charge in [-0.15, -0.1) is 0 Å². The van der Waals surface area contributed by atoms with Crippen molar-refractivity contribution in [3.05, 3.63) is 77.4 Å². The highest BCUT2D eigenvalue weighted by Gasteiger charge is 2.32. The second-order valence-electron chi connectivity index (χ2n) is 6.54. The van der Waals surface area contributed by atoms with Gasteiger partial charge in [-0.3, -0.25) is 14.4 Å². The summed E-state index contributed by atoms with van der Waals surface area (Å²) < 4.78 is 5.26. The van der Waals surface area contributed by atoms with Gasteiger partial charge in [0.05, 0.1) is 16.8 Å². The standard InChI is InChI=1S/C23H17NO4/c1-14(26)28-19-12-11-15-7-6-10-17-20(15)21(19)23(27)18(13-25)22(17)24(2)16-8-4-3-5-9-16/h3-13H,1-2H3. The van der Waals surface area contributed by atoms with E-state index >= 15 is 0 Å². The maximum atomic E-state index is 13.3. The van der Waals surface area contributed by atoms with Gasteiger partial charge >= 0.3 is 5.97 Å². The van der Waals surface area contributed by atoms with Gasteiger partial charge in [0.15, 0.2) is 6.29 Å². The number of rotatable bonds is 4. The monoisotopic (exact) mass is 371 g/mol. The Bertz CT molecular complexity index is 1160. The van der Waals surface area contributed by atoms with E-state index < -0.39 is 11.8 Å². The van der Waals surface area contributed by atoms with Crippen LogP contribution in [0.3, 0.4) is 0 Å². The molecule has 0 heterocycles. The number of ether oxygens (including phenoxy) is 1. The first-order valence-corrected chi connectivity index (χ1v) is 8.80. The summed E-state index contributed by atoms with van der Waals surface area (Å²) in [6.07, 6.45) is 0.573. The topological polar surface area (TPSA) is 63.7 Å². The molecule has 0 aliphatic heterocycles. The average Bonchev–Trinajstić information content (AvgIpc) is 2.70. The van der Waals surface area contributed by atoms with Crippen LogP contribution in [0.4, 0.5) is 5.69 Å². The summed E-state index contributed by atoms with van der Waals surface area (Å²) in [5.41, 5.74) is 2.40. The molecule has 4 rings (SSSR count). The first-order valence-electron chi connectivity index (χ1n) is 8.80. The van der Waals surface area contributed by atoms with Crippen LogP contribution >= 0.6 is 0 Å². The molecule has 0 spiro atoms. The lowest BCUT2D eigenvalue weighted by molar-refractivity contribution is -0.131. The molecule has 0 unspecified atom stereocenters. The minimum absolute atomic E-state index is 0.0333. The van der Waals surface area contributed by atoms with E-state index in [2.05, 4.69) is 0 Å². The minimum Gasteiger partial charge on any atom is -0.426 e. The molecular weight excluding hydrogens is 354 g/mol. The third-order valence-electron chi connectivity index (χ3n) is 4.84. The van der Waals surface area contributed by atoms with E-state index in [1.165, 1.54) is 6.92 Å². The predicted molar refractivity (Wildman–Crippen MR) is 107 cm³/mol. The van der Waals surface area contributed by atoms with Gasteiger partial charge in [-0.1, -0.05) is 42.5 Å². The van der Waals surface area contributed by atoms with E-state index in [-0.39, 0.29) is 16.9 Å². The number of esters is 1. The number of benzene rings is 3. The second-order valence-corrected chi connectivity index (χ2v) is 6.54. The Labute approximate surface area is 161 Å². The SMILES string of the molecule is CC(=O)Oc1ccc2cccc3c2c1C(=O)C(C=O)=C3N(C)c1ccccc1. The summed E-state index contributed by atoms with van der Waals surface area (Å²) in [4.78, 5) is 38.6. The molecule has 0 atom stereocenters. The summed E-state index contributed by atoms with van der Waals surface area (Å²) in [7, 11) is 1.82. The Balaban J connectivity index is 2.04. The zero-order valence-electron chi connectivity index (χ0n) is 15.4. The smallest absolute Gasteiger partial charge is 0.308 e. The maximum Gasteiger partial charge on any atom is 0.308 e. The Morgan fingerprint density at radius 1 is 1.00 bits per heavy atom. The number of nitrogens with zero attached hydrogens (tertiary/aromatic N) is 1. The minimum atomic E-state index is -0.523. The zero-order chi connectivity index (χ0) is 19.8. The Morgan fingerprint density at radius 3 is 2.43 bits per heavy atom. The molecule has 0 bridgehead atoms. The predicted octanol–water partition coefficient (Wildman–Crippen LogP) is 4.01. The fraction of sp³-hybridized carbons (Fsp3) is 0.0870. The Hall–Kier alpha value is -3.73. The van der Waals surface area contributed by atoms with Gasteiger partial charge < -0.3 is 9.64 Å². The van der Waals surface area contributed by atoms with Crippen molar-refractivity contribution in [1.82, 2.24) is 0 Å². The number of carbonyl (C=O) groups is 3. The van der Waals surface area contributed by atoms with Crippen molar-refractivity contribution in [2.24, 2.45) is 0 Å². The van der Waals surface area contributed by atoms with Crippen LogP contribution in [0.25, 0.3) is 16.5 Å². The summed E-state index contributed by atoms with van der Waals surface area (Å²) in [5.74, 6) is -0.809. The van der Waals surface area contributed by atoms with Crippen molar-refractivity contribution in [3.63, 3.8) is 0 Å².